The van der Waals surface area contributed by atoms with E-state index in [0.29, 0.717) is 5.41 Å². The third-order valence-electron chi connectivity index (χ3n) is 10.7. The molecule has 2 unspecified atom stereocenters. The first-order chi connectivity index (χ1) is 16.0. The van der Waals surface area contributed by atoms with Crippen LogP contribution in [0.2, 0.25) is 0 Å². The second kappa shape index (κ2) is 9.60. The van der Waals surface area contributed by atoms with Crippen molar-refractivity contribution < 1.29 is 0 Å². The van der Waals surface area contributed by atoms with Crippen LogP contribution in [0.25, 0.3) is 0 Å². The summed E-state index contributed by atoms with van der Waals surface area (Å²) in [5, 5.41) is 9.35. The minimum absolute atomic E-state index is 0.517. The number of benzene rings is 1. The van der Waals surface area contributed by atoms with Gasteiger partial charge in [-0.1, -0.05) is 44.4 Å². The largest absolute Gasteiger partial charge is 0.192 e. The molecular weight excluding hydrogens is 398 g/mol. The van der Waals surface area contributed by atoms with E-state index in [-0.39, 0.29) is 0 Å². The van der Waals surface area contributed by atoms with Crippen molar-refractivity contribution in [1.82, 2.24) is 0 Å². The summed E-state index contributed by atoms with van der Waals surface area (Å²) in [4.78, 5) is 0. The molecule has 0 aliphatic heterocycles. The van der Waals surface area contributed by atoms with Crippen LogP contribution in [0.4, 0.5) is 0 Å². The van der Waals surface area contributed by atoms with E-state index in [1.54, 1.807) is 0 Å². The summed E-state index contributed by atoms with van der Waals surface area (Å²) in [6, 6.07) is 8.78. The lowest BCUT2D eigenvalue weighted by molar-refractivity contribution is 0.168. The van der Waals surface area contributed by atoms with E-state index in [0.717, 1.165) is 47.5 Å². The number of fused-ring (bicyclic) bond motifs is 2. The van der Waals surface area contributed by atoms with Gasteiger partial charge in [-0.2, -0.15) is 5.26 Å². The van der Waals surface area contributed by atoms with Gasteiger partial charge >= 0.3 is 0 Å². The lowest BCUT2D eigenvalue weighted by Gasteiger charge is -2.38. The molecule has 5 rings (SSSR count). The van der Waals surface area contributed by atoms with Crippen LogP contribution in [0.15, 0.2) is 29.8 Å². The molecule has 0 spiro atoms. The molecule has 1 aromatic carbocycles. The van der Waals surface area contributed by atoms with Crippen LogP contribution in [-0.2, 0) is 12.8 Å². The van der Waals surface area contributed by atoms with Crippen LogP contribution in [0, 0.1) is 52.3 Å². The second-order valence-electron chi connectivity index (χ2n) is 12.6. The maximum absolute atomic E-state index is 9.35. The average molecular weight is 444 g/mol. The smallest absolute Gasteiger partial charge is 0.0991 e. The van der Waals surface area contributed by atoms with Crippen LogP contribution in [0.5, 0.6) is 0 Å². The summed E-state index contributed by atoms with van der Waals surface area (Å²) in [6.45, 7) is 7.36. The first-order valence-electron chi connectivity index (χ1n) is 14.2. The maximum atomic E-state index is 9.35. The van der Waals surface area contributed by atoms with Gasteiger partial charge in [-0.05, 0) is 142 Å². The summed E-state index contributed by atoms with van der Waals surface area (Å²) in [6.07, 6.45) is 20.8. The van der Waals surface area contributed by atoms with Crippen molar-refractivity contribution in [2.75, 3.05) is 0 Å². The van der Waals surface area contributed by atoms with Crippen molar-refractivity contribution in [3.05, 3.63) is 46.5 Å². The standard InChI is InChI=1S/C32H45N/c1-4-31(27-12-11-26-10-8-24(21-33)17-29(26)14-13-27)32-15-5-6-30(32)19-25(20-32)18-28-9-7-22(2)16-23(28)3/h4,8,10,17,22-23,25,27-28,30H,5-7,9,11-16,18-20H2,1-3H3/b31-4+/t22?,23-,25-,27?,28+,30-,32-/m1/s1. The van der Waals surface area contributed by atoms with Crippen molar-refractivity contribution >= 4 is 0 Å². The lowest BCUT2D eigenvalue weighted by atomic mass is 9.66. The zero-order valence-corrected chi connectivity index (χ0v) is 21.4. The predicted octanol–water partition coefficient (Wildman–Crippen LogP) is 8.66. The molecule has 3 saturated carbocycles. The highest BCUT2D eigenvalue weighted by atomic mass is 14.6. The van der Waals surface area contributed by atoms with Gasteiger partial charge in [0.25, 0.3) is 0 Å². The average Bonchev–Trinajstić information content (AvgIpc) is 3.27. The van der Waals surface area contributed by atoms with E-state index in [2.05, 4.69) is 45.0 Å². The van der Waals surface area contributed by atoms with Gasteiger partial charge in [-0.15, -0.1) is 0 Å². The molecule has 1 heteroatoms. The summed E-state index contributed by atoms with van der Waals surface area (Å²) >= 11 is 0. The van der Waals surface area contributed by atoms with Crippen molar-refractivity contribution in [3.63, 3.8) is 0 Å². The van der Waals surface area contributed by atoms with Crippen LogP contribution in [-0.4, -0.2) is 0 Å². The Morgan fingerprint density at radius 2 is 1.88 bits per heavy atom. The minimum atomic E-state index is 0.517. The highest BCUT2D eigenvalue weighted by Crippen LogP contribution is 2.63. The molecule has 0 N–H and O–H groups in total. The van der Waals surface area contributed by atoms with Crippen LogP contribution in [0.3, 0.4) is 0 Å². The molecule has 4 aliphatic carbocycles. The predicted molar refractivity (Wildman–Crippen MR) is 138 cm³/mol. The molecule has 4 aliphatic rings. The van der Waals surface area contributed by atoms with Gasteiger partial charge in [0.1, 0.15) is 0 Å². The van der Waals surface area contributed by atoms with Gasteiger partial charge in [0, 0.05) is 0 Å². The Kier molecular flexibility index (Phi) is 6.75. The van der Waals surface area contributed by atoms with E-state index >= 15 is 0 Å². The highest BCUT2D eigenvalue weighted by Gasteiger charge is 2.53. The molecule has 1 aromatic rings. The van der Waals surface area contributed by atoms with E-state index in [1.807, 2.05) is 11.6 Å². The van der Waals surface area contributed by atoms with Crippen molar-refractivity contribution in [1.29, 1.82) is 5.26 Å². The first kappa shape index (κ1) is 23.2. The van der Waals surface area contributed by atoms with Gasteiger partial charge in [0.15, 0.2) is 0 Å². The minimum Gasteiger partial charge on any atom is -0.192 e. The zero-order valence-electron chi connectivity index (χ0n) is 21.4. The van der Waals surface area contributed by atoms with Crippen LogP contribution in [0.1, 0.15) is 108 Å². The molecule has 0 amide bonds. The Morgan fingerprint density at radius 1 is 1.06 bits per heavy atom. The third-order valence-corrected chi connectivity index (χ3v) is 10.7. The van der Waals surface area contributed by atoms with E-state index in [1.165, 1.54) is 88.2 Å². The van der Waals surface area contributed by atoms with E-state index < -0.39 is 0 Å². The summed E-state index contributed by atoms with van der Waals surface area (Å²) in [5.74, 6) is 5.52. The molecule has 7 atom stereocenters. The molecular formula is C32H45N. The SMILES string of the molecule is C/C=C(\C1CCc2ccc(C#N)cc2CC1)[C@@]12CCC[C@@H]1C[C@@H](C[C@@H]1CCC(C)C[C@H]1C)C2. The molecule has 3 fully saturated rings. The van der Waals surface area contributed by atoms with E-state index in [9.17, 15) is 5.26 Å². The second-order valence-corrected chi connectivity index (χ2v) is 12.6. The molecule has 33 heavy (non-hydrogen) atoms. The Morgan fingerprint density at radius 3 is 2.64 bits per heavy atom. The third kappa shape index (κ3) is 4.45. The fraction of sp³-hybridized carbons (Fsp3) is 0.719. The Hall–Kier alpha value is -1.55. The fourth-order valence-corrected chi connectivity index (χ4v) is 9.16. The van der Waals surface area contributed by atoms with Gasteiger partial charge in [-0.3, -0.25) is 0 Å². The van der Waals surface area contributed by atoms with Gasteiger partial charge < -0.3 is 0 Å². The Labute approximate surface area is 203 Å². The van der Waals surface area contributed by atoms with Crippen LogP contribution >= 0.6 is 0 Å². The Bertz CT molecular complexity index is 919. The monoisotopic (exact) mass is 443 g/mol. The fourth-order valence-electron chi connectivity index (χ4n) is 9.16. The van der Waals surface area contributed by atoms with Crippen molar-refractivity contribution in [2.24, 2.45) is 40.9 Å². The number of aryl methyl sites for hydroxylation is 2. The van der Waals surface area contributed by atoms with Crippen molar-refractivity contribution in [2.45, 2.75) is 104 Å². The molecule has 0 heterocycles. The number of rotatable bonds is 4. The van der Waals surface area contributed by atoms with Gasteiger partial charge in [-0.25, -0.2) is 0 Å². The Balaban J connectivity index is 1.31. The lowest BCUT2D eigenvalue weighted by Crippen LogP contribution is -2.28. The number of hydrogen-bond acceptors (Lipinski definition) is 1. The normalized spacial score (nSPS) is 38.9. The molecule has 0 aromatic heterocycles. The molecule has 178 valence electrons. The summed E-state index contributed by atoms with van der Waals surface area (Å²) in [7, 11) is 0. The summed E-state index contributed by atoms with van der Waals surface area (Å²) in [5.41, 5.74) is 6.14. The zero-order chi connectivity index (χ0) is 23.0. The molecule has 0 radical (unpaired) electrons. The maximum Gasteiger partial charge on any atom is 0.0991 e. The molecule has 0 saturated heterocycles. The first-order valence-corrected chi connectivity index (χ1v) is 14.2. The molecule has 1 nitrogen and oxygen atoms in total. The number of allylic oxidation sites excluding steroid dienone is 2. The quantitative estimate of drug-likeness (QED) is 0.337. The van der Waals surface area contributed by atoms with Gasteiger partial charge in [0.05, 0.1) is 11.6 Å². The number of nitriles is 1. The van der Waals surface area contributed by atoms with Crippen LogP contribution < -0.4 is 0 Å². The summed E-state index contributed by atoms with van der Waals surface area (Å²) < 4.78 is 0. The number of hydrogen-bond donors (Lipinski definition) is 0. The topological polar surface area (TPSA) is 23.8 Å². The van der Waals surface area contributed by atoms with Crippen molar-refractivity contribution in [3.8, 4) is 6.07 Å². The molecule has 0 bridgehead atoms. The highest BCUT2D eigenvalue weighted by molar-refractivity contribution is 5.39. The number of nitrogens with zero attached hydrogens (tertiary/aromatic N) is 1. The van der Waals surface area contributed by atoms with Gasteiger partial charge in [0.2, 0.25) is 0 Å². The van der Waals surface area contributed by atoms with E-state index in [4.69, 9.17) is 0 Å².